The van der Waals surface area contributed by atoms with Crippen molar-refractivity contribution in [1.29, 1.82) is 0 Å². The minimum Gasteiger partial charge on any atom is -0.310 e. The first kappa shape index (κ1) is 7.35. The Morgan fingerprint density at radius 3 is 2.73 bits per heavy atom. The van der Waals surface area contributed by atoms with Gasteiger partial charge in [-0.3, -0.25) is 9.78 Å². The molecule has 4 nitrogen and oxygen atoms in total. The van der Waals surface area contributed by atoms with Crippen LogP contribution in [0.25, 0.3) is 0 Å². The van der Waals surface area contributed by atoms with E-state index < -0.39 is 11.2 Å². The summed E-state index contributed by atoms with van der Waals surface area (Å²) in [6.45, 7) is 0. The molecule has 0 unspecified atom stereocenters. The summed E-state index contributed by atoms with van der Waals surface area (Å²) in [7, 11) is 0. The Labute approximate surface area is 62.3 Å². The first-order valence-corrected chi connectivity index (χ1v) is 2.98. The maximum Gasteiger partial charge on any atom is 0.325 e. The Bertz CT molecular complexity index is 366. The second-order valence-electron chi connectivity index (χ2n) is 1.99. The molecule has 1 heterocycles. The van der Waals surface area contributed by atoms with Crippen LogP contribution in [0.3, 0.4) is 0 Å². The van der Waals surface area contributed by atoms with E-state index in [0.717, 1.165) is 0 Å². The predicted octanol–water partition coefficient (Wildman–Crippen LogP) is -0.761. The third-order valence-electron chi connectivity index (χ3n) is 1.11. The summed E-state index contributed by atoms with van der Waals surface area (Å²) in [5, 5.41) is 0. The van der Waals surface area contributed by atoms with Crippen molar-refractivity contribution in [2.75, 3.05) is 0 Å². The molecule has 0 spiro atoms. The average molecular weight is 150 g/mol. The average Bonchev–Trinajstić information content (AvgIpc) is 1.85. The molecule has 0 saturated carbocycles. The normalized spacial score (nSPS) is 9.00. The minimum absolute atomic E-state index is 0.263. The molecule has 11 heavy (non-hydrogen) atoms. The molecule has 4 heteroatoms. The Kier molecular flexibility index (Phi) is 1.93. The number of aromatic amines is 2. The number of nitrogens with one attached hydrogen (secondary N) is 2. The molecule has 1 rings (SSSR count). The molecule has 0 atom stereocenters. The van der Waals surface area contributed by atoms with Gasteiger partial charge in [-0.05, 0) is 0 Å². The van der Waals surface area contributed by atoms with Gasteiger partial charge in [0.05, 0.1) is 0 Å². The lowest BCUT2D eigenvalue weighted by Gasteiger charge is -1.90. The van der Waals surface area contributed by atoms with Crippen LogP contribution in [-0.4, -0.2) is 9.97 Å². The topological polar surface area (TPSA) is 65.7 Å². The van der Waals surface area contributed by atoms with E-state index in [2.05, 4.69) is 10.9 Å². The molecule has 0 radical (unpaired) electrons. The number of terminal acetylenes is 1. The van der Waals surface area contributed by atoms with Gasteiger partial charge >= 0.3 is 5.69 Å². The molecule has 2 N–H and O–H groups in total. The molecule has 56 valence electrons. The van der Waals surface area contributed by atoms with Crippen LogP contribution in [0.15, 0.2) is 15.7 Å². The quantitative estimate of drug-likeness (QED) is 0.517. The van der Waals surface area contributed by atoms with E-state index in [1.165, 1.54) is 6.07 Å². The van der Waals surface area contributed by atoms with Crippen molar-refractivity contribution in [3.05, 3.63) is 32.6 Å². The first-order valence-electron chi connectivity index (χ1n) is 2.98. The van der Waals surface area contributed by atoms with Crippen molar-refractivity contribution >= 4 is 0 Å². The largest absolute Gasteiger partial charge is 0.325 e. The highest BCUT2D eigenvalue weighted by Gasteiger charge is 1.92. The summed E-state index contributed by atoms with van der Waals surface area (Å²) in [4.78, 5) is 25.7. The smallest absolute Gasteiger partial charge is 0.310 e. The van der Waals surface area contributed by atoms with Crippen LogP contribution in [0.1, 0.15) is 5.69 Å². The van der Waals surface area contributed by atoms with Crippen LogP contribution in [0.2, 0.25) is 0 Å². The van der Waals surface area contributed by atoms with E-state index >= 15 is 0 Å². The van der Waals surface area contributed by atoms with Gasteiger partial charge in [0.2, 0.25) is 0 Å². The molecule has 0 amide bonds. The lowest BCUT2D eigenvalue weighted by Crippen LogP contribution is -2.22. The standard InChI is InChI=1S/C7H6N2O2/c1-2-3-5-4-6(10)9-7(11)8-5/h1,4H,3H2,(H2,8,9,10,11). The molecule has 0 aliphatic rings. The number of hydrogen-bond acceptors (Lipinski definition) is 2. The van der Waals surface area contributed by atoms with Gasteiger partial charge in [-0.15, -0.1) is 12.3 Å². The molecule has 0 aliphatic heterocycles. The van der Waals surface area contributed by atoms with Crippen LogP contribution >= 0.6 is 0 Å². The van der Waals surface area contributed by atoms with E-state index in [-0.39, 0.29) is 6.42 Å². The molecule has 0 fully saturated rings. The molecule has 1 aromatic rings. The maximum absolute atomic E-state index is 10.6. The molecule has 1 aromatic heterocycles. The molecule has 0 aliphatic carbocycles. The zero-order valence-electron chi connectivity index (χ0n) is 5.68. The Morgan fingerprint density at radius 2 is 2.18 bits per heavy atom. The lowest BCUT2D eigenvalue weighted by molar-refractivity contribution is 0.972. The highest BCUT2D eigenvalue weighted by molar-refractivity contribution is 5.06. The van der Waals surface area contributed by atoms with Crippen LogP contribution in [0.5, 0.6) is 0 Å². The fourth-order valence-corrected chi connectivity index (χ4v) is 0.725. The van der Waals surface area contributed by atoms with Crippen molar-refractivity contribution in [3.8, 4) is 12.3 Å². The summed E-state index contributed by atoms with van der Waals surface area (Å²) in [6.07, 6.45) is 5.24. The number of H-pyrrole nitrogens is 2. The highest BCUT2D eigenvalue weighted by atomic mass is 16.2. The van der Waals surface area contributed by atoms with Gasteiger partial charge in [-0.2, -0.15) is 0 Å². The molecule has 0 aromatic carbocycles. The fourth-order valence-electron chi connectivity index (χ4n) is 0.725. The SMILES string of the molecule is C#CCc1cc(=O)[nH]c(=O)[nH]1. The number of aromatic nitrogens is 2. The second kappa shape index (κ2) is 2.88. The summed E-state index contributed by atoms with van der Waals surface area (Å²) >= 11 is 0. The van der Waals surface area contributed by atoms with Crippen molar-refractivity contribution in [1.82, 2.24) is 9.97 Å². The Morgan fingerprint density at radius 1 is 1.45 bits per heavy atom. The maximum atomic E-state index is 10.6. The van der Waals surface area contributed by atoms with Gasteiger partial charge < -0.3 is 4.98 Å². The van der Waals surface area contributed by atoms with Gasteiger partial charge in [-0.25, -0.2) is 4.79 Å². The zero-order valence-corrected chi connectivity index (χ0v) is 5.68. The van der Waals surface area contributed by atoms with E-state index in [9.17, 15) is 9.59 Å². The van der Waals surface area contributed by atoms with Crippen molar-refractivity contribution < 1.29 is 0 Å². The van der Waals surface area contributed by atoms with Crippen LogP contribution in [0.4, 0.5) is 0 Å². The summed E-state index contributed by atoms with van der Waals surface area (Å²) in [6, 6.07) is 1.27. The number of hydrogen-bond donors (Lipinski definition) is 2. The Balaban J connectivity index is 3.22. The van der Waals surface area contributed by atoms with E-state index in [4.69, 9.17) is 6.42 Å². The van der Waals surface area contributed by atoms with Gasteiger partial charge in [0.1, 0.15) is 0 Å². The third-order valence-corrected chi connectivity index (χ3v) is 1.11. The van der Waals surface area contributed by atoms with Gasteiger partial charge in [0, 0.05) is 18.2 Å². The van der Waals surface area contributed by atoms with Gasteiger partial charge in [0.15, 0.2) is 0 Å². The monoisotopic (exact) mass is 150 g/mol. The summed E-state index contributed by atoms with van der Waals surface area (Å²) in [5.41, 5.74) is -0.497. The fraction of sp³-hybridized carbons (Fsp3) is 0.143. The molecule has 0 bridgehead atoms. The van der Waals surface area contributed by atoms with Crippen molar-refractivity contribution in [3.63, 3.8) is 0 Å². The first-order chi connectivity index (χ1) is 5.22. The highest BCUT2D eigenvalue weighted by Crippen LogP contribution is 1.83. The van der Waals surface area contributed by atoms with E-state index in [0.29, 0.717) is 5.69 Å². The van der Waals surface area contributed by atoms with E-state index in [1.54, 1.807) is 0 Å². The van der Waals surface area contributed by atoms with Gasteiger partial charge in [-0.1, -0.05) is 0 Å². The summed E-state index contributed by atoms with van der Waals surface area (Å²) in [5.74, 6) is 2.32. The van der Waals surface area contributed by atoms with Crippen molar-refractivity contribution in [2.45, 2.75) is 6.42 Å². The predicted molar refractivity (Wildman–Crippen MR) is 40.2 cm³/mol. The minimum atomic E-state index is -0.525. The third kappa shape index (κ3) is 1.83. The van der Waals surface area contributed by atoms with Crippen LogP contribution in [0, 0.1) is 12.3 Å². The van der Waals surface area contributed by atoms with Crippen LogP contribution < -0.4 is 11.2 Å². The number of rotatable bonds is 1. The van der Waals surface area contributed by atoms with Crippen molar-refractivity contribution in [2.24, 2.45) is 0 Å². The Hall–Kier alpha value is -1.76. The molecule has 0 saturated heterocycles. The zero-order chi connectivity index (χ0) is 8.27. The van der Waals surface area contributed by atoms with E-state index in [1.807, 2.05) is 4.98 Å². The summed E-state index contributed by atoms with van der Waals surface area (Å²) < 4.78 is 0. The lowest BCUT2D eigenvalue weighted by atomic mass is 10.3. The molecular weight excluding hydrogens is 144 g/mol. The van der Waals surface area contributed by atoms with Gasteiger partial charge in [0.25, 0.3) is 5.56 Å². The molecular formula is C7H6N2O2. The second-order valence-corrected chi connectivity index (χ2v) is 1.99. The van der Waals surface area contributed by atoms with Crippen LogP contribution in [-0.2, 0) is 6.42 Å².